The Balaban J connectivity index is 2.19. The van der Waals surface area contributed by atoms with Gasteiger partial charge in [-0.25, -0.2) is 15.0 Å². The molecule has 112 valence electrons. The SMILES string of the molecule is CC(=O)C[C@H]1CN(c2ccc(C(=O)NN)c(F)c2)C(=O)O1. The number of nitrogen functional groups attached to an aromatic ring is 1. The Labute approximate surface area is 119 Å². The molecule has 0 bridgehead atoms. The number of cyclic esters (lactones) is 1. The Morgan fingerprint density at radius 3 is 2.81 bits per heavy atom. The second-order valence-corrected chi connectivity index (χ2v) is 4.66. The number of benzene rings is 1. The fourth-order valence-electron chi connectivity index (χ4n) is 2.09. The quantitative estimate of drug-likeness (QED) is 0.484. The highest BCUT2D eigenvalue weighted by atomic mass is 19.1. The number of rotatable bonds is 4. The molecule has 1 aromatic carbocycles. The van der Waals surface area contributed by atoms with Crippen molar-refractivity contribution < 1.29 is 23.5 Å². The van der Waals surface area contributed by atoms with E-state index in [0.29, 0.717) is 0 Å². The lowest BCUT2D eigenvalue weighted by molar-refractivity contribution is -0.118. The normalized spacial score (nSPS) is 17.6. The van der Waals surface area contributed by atoms with E-state index in [2.05, 4.69) is 0 Å². The molecule has 7 nitrogen and oxygen atoms in total. The van der Waals surface area contributed by atoms with E-state index in [9.17, 15) is 18.8 Å². The van der Waals surface area contributed by atoms with Crippen LogP contribution in [0.4, 0.5) is 14.9 Å². The Morgan fingerprint density at radius 2 is 2.24 bits per heavy atom. The lowest BCUT2D eigenvalue weighted by atomic mass is 10.1. The molecule has 3 N–H and O–H groups in total. The highest BCUT2D eigenvalue weighted by molar-refractivity contribution is 5.95. The number of anilines is 1. The summed E-state index contributed by atoms with van der Waals surface area (Å²) >= 11 is 0. The Kier molecular flexibility index (Phi) is 4.18. The largest absolute Gasteiger partial charge is 0.443 e. The number of hydrogen-bond donors (Lipinski definition) is 2. The van der Waals surface area contributed by atoms with E-state index in [1.54, 1.807) is 0 Å². The van der Waals surface area contributed by atoms with E-state index < -0.39 is 23.9 Å². The molecular formula is C13H14FN3O4. The second kappa shape index (κ2) is 5.88. The van der Waals surface area contributed by atoms with Gasteiger partial charge < -0.3 is 4.74 Å². The van der Waals surface area contributed by atoms with Gasteiger partial charge in [0.1, 0.15) is 17.7 Å². The van der Waals surface area contributed by atoms with Crippen molar-refractivity contribution in [3.8, 4) is 0 Å². The molecule has 1 atom stereocenters. The van der Waals surface area contributed by atoms with Gasteiger partial charge in [-0.05, 0) is 25.1 Å². The van der Waals surface area contributed by atoms with Crippen molar-refractivity contribution in [3.05, 3.63) is 29.6 Å². The predicted octanol–water partition coefficient (Wildman–Crippen LogP) is 0.734. The van der Waals surface area contributed by atoms with E-state index in [-0.39, 0.29) is 30.0 Å². The van der Waals surface area contributed by atoms with Crippen LogP contribution in [0.15, 0.2) is 18.2 Å². The van der Waals surface area contributed by atoms with Gasteiger partial charge in [0.15, 0.2) is 0 Å². The van der Waals surface area contributed by atoms with Crippen molar-refractivity contribution in [3.63, 3.8) is 0 Å². The molecule has 21 heavy (non-hydrogen) atoms. The number of nitrogens with two attached hydrogens (primary N) is 1. The topological polar surface area (TPSA) is 102 Å². The molecule has 1 saturated heterocycles. The zero-order chi connectivity index (χ0) is 15.6. The molecule has 1 heterocycles. The molecule has 1 aromatic rings. The summed E-state index contributed by atoms with van der Waals surface area (Å²) in [6.07, 6.45) is -1.10. The number of nitrogens with zero attached hydrogens (tertiary/aromatic N) is 1. The molecule has 0 aromatic heterocycles. The van der Waals surface area contributed by atoms with Crippen LogP contribution < -0.4 is 16.2 Å². The van der Waals surface area contributed by atoms with Crippen LogP contribution in [0.3, 0.4) is 0 Å². The maximum atomic E-state index is 13.8. The van der Waals surface area contributed by atoms with Gasteiger partial charge in [0, 0.05) is 6.42 Å². The van der Waals surface area contributed by atoms with Gasteiger partial charge in [0.25, 0.3) is 5.91 Å². The number of ketones is 1. The lowest BCUT2D eigenvalue weighted by Crippen LogP contribution is -2.31. The van der Waals surface area contributed by atoms with Crippen molar-refractivity contribution >= 4 is 23.5 Å². The van der Waals surface area contributed by atoms with Gasteiger partial charge in [-0.3, -0.25) is 19.9 Å². The highest BCUT2D eigenvalue weighted by Gasteiger charge is 2.33. The first-order chi connectivity index (χ1) is 9.92. The first kappa shape index (κ1) is 14.9. The molecule has 2 rings (SSSR count). The summed E-state index contributed by atoms with van der Waals surface area (Å²) in [4.78, 5) is 35.2. The average Bonchev–Trinajstić information content (AvgIpc) is 2.77. The van der Waals surface area contributed by atoms with Gasteiger partial charge >= 0.3 is 6.09 Å². The Hall–Kier alpha value is -2.48. The standard InChI is InChI=1S/C13H14FN3O4/c1-7(18)4-9-6-17(13(20)21-9)8-2-3-10(11(14)5-8)12(19)16-15/h2-3,5,9H,4,6,15H2,1H3,(H,16,19)/t9-/m0/s1. The molecule has 1 aliphatic rings. The minimum absolute atomic E-state index is 0.101. The molecule has 1 fully saturated rings. The number of carbonyl (C=O) groups is 3. The number of amides is 2. The number of carbonyl (C=O) groups excluding carboxylic acids is 3. The fourth-order valence-corrected chi connectivity index (χ4v) is 2.09. The maximum absolute atomic E-state index is 13.8. The molecular weight excluding hydrogens is 281 g/mol. The number of hydrazine groups is 1. The van der Waals surface area contributed by atoms with Crippen LogP contribution in [0.2, 0.25) is 0 Å². The molecule has 1 aliphatic heterocycles. The monoisotopic (exact) mass is 295 g/mol. The first-order valence-corrected chi connectivity index (χ1v) is 6.20. The summed E-state index contributed by atoms with van der Waals surface area (Å²) in [5, 5.41) is 0. The Morgan fingerprint density at radius 1 is 1.52 bits per heavy atom. The third-order valence-corrected chi connectivity index (χ3v) is 3.03. The van der Waals surface area contributed by atoms with E-state index in [4.69, 9.17) is 10.6 Å². The van der Waals surface area contributed by atoms with Crippen LogP contribution in [-0.4, -0.2) is 30.4 Å². The van der Waals surface area contributed by atoms with Crippen LogP contribution in [-0.2, 0) is 9.53 Å². The number of Topliss-reactive ketones (excluding diaryl/α,β-unsaturated/α-hetero) is 1. The van der Waals surface area contributed by atoms with Gasteiger partial charge in [0.05, 0.1) is 17.8 Å². The summed E-state index contributed by atoms with van der Waals surface area (Å²) in [7, 11) is 0. The summed E-state index contributed by atoms with van der Waals surface area (Å²) in [6, 6.07) is 3.67. The van der Waals surface area contributed by atoms with Crippen molar-refractivity contribution in [1.29, 1.82) is 0 Å². The molecule has 0 spiro atoms. The van der Waals surface area contributed by atoms with Crippen LogP contribution in [0.25, 0.3) is 0 Å². The van der Waals surface area contributed by atoms with Gasteiger partial charge in [0.2, 0.25) is 0 Å². The minimum atomic E-state index is -0.807. The molecule has 0 radical (unpaired) electrons. The first-order valence-electron chi connectivity index (χ1n) is 6.20. The number of ether oxygens (including phenoxy) is 1. The smallest absolute Gasteiger partial charge is 0.414 e. The predicted molar refractivity (Wildman–Crippen MR) is 71.0 cm³/mol. The summed E-state index contributed by atoms with van der Waals surface area (Å²) in [6.45, 7) is 1.55. The molecule has 0 aliphatic carbocycles. The van der Waals surface area contributed by atoms with Crippen LogP contribution in [0, 0.1) is 5.82 Å². The summed E-state index contributed by atoms with van der Waals surface area (Å²) < 4.78 is 18.8. The van der Waals surface area contributed by atoms with E-state index in [1.165, 1.54) is 24.0 Å². The number of hydrogen-bond acceptors (Lipinski definition) is 5. The zero-order valence-corrected chi connectivity index (χ0v) is 11.3. The number of halogens is 1. The van der Waals surface area contributed by atoms with E-state index in [0.717, 1.165) is 6.07 Å². The summed E-state index contributed by atoms with van der Waals surface area (Å²) in [5.74, 6) is 3.26. The van der Waals surface area contributed by atoms with Crippen molar-refractivity contribution in [2.24, 2.45) is 5.84 Å². The van der Waals surface area contributed by atoms with Crippen molar-refractivity contribution in [2.45, 2.75) is 19.4 Å². The fraction of sp³-hybridized carbons (Fsp3) is 0.308. The summed E-state index contributed by atoms with van der Waals surface area (Å²) in [5.41, 5.74) is 1.85. The highest BCUT2D eigenvalue weighted by Crippen LogP contribution is 2.25. The second-order valence-electron chi connectivity index (χ2n) is 4.66. The lowest BCUT2D eigenvalue weighted by Gasteiger charge is -2.13. The molecule has 2 amide bonds. The van der Waals surface area contributed by atoms with Crippen molar-refractivity contribution in [2.75, 3.05) is 11.4 Å². The van der Waals surface area contributed by atoms with Crippen LogP contribution in [0.1, 0.15) is 23.7 Å². The molecule has 0 saturated carbocycles. The maximum Gasteiger partial charge on any atom is 0.414 e. The van der Waals surface area contributed by atoms with E-state index in [1.807, 2.05) is 5.43 Å². The average molecular weight is 295 g/mol. The minimum Gasteiger partial charge on any atom is -0.443 e. The zero-order valence-electron chi connectivity index (χ0n) is 11.3. The number of nitrogens with one attached hydrogen (secondary N) is 1. The third kappa shape index (κ3) is 3.16. The van der Waals surface area contributed by atoms with Crippen LogP contribution >= 0.6 is 0 Å². The molecule has 0 unspecified atom stereocenters. The van der Waals surface area contributed by atoms with Crippen LogP contribution in [0.5, 0.6) is 0 Å². The Bertz CT molecular complexity index is 605. The van der Waals surface area contributed by atoms with E-state index >= 15 is 0 Å². The third-order valence-electron chi connectivity index (χ3n) is 3.03. The van der Waals surface area contributed by atoms with Gasteiger partial charge in [-0.15, -0.1) is 0 Å². The van der Waals surface area contributed by atoms with Crippen molar-refractivity contribution in [1.82, 2.24) is 5.43 Å². The van der Waals surface area contributed by atoms with Gasteiger partial charge in [-0.2, -0.15) is 0 Å². The van der Waals surface area contributed by atoms with Gasteiger partial charge in [-0.1, -0.05) is 0 Å². The molecule has 8 heteroatoms.